The van der Waals surface area contributed by atoms with Crippen LogP contribution in [0.15, 0.2) is 158 Å². The summed E-state index contributed by atoms with van der Waals surface area (Å²) in [6.45, 7) is 2.85. The number of rotatable bonds is 25. The van der Waals surface area contributed by atoms with Gasteiger partial charge in [-0.3, -0.25) is 39.6 Å². The van der Waals surface area contributed by atoms with Crippen molar-refractivity contribution in [2.24, 2.45) is 0 Å². The maximum absolute atomic E-state index is 13.6. The van der Waals surface area contributed by atoms with Crippen LogP contribution in [-0.4, -0.2) is 57.4 Å². The number of carbonyl (C=O) groups excluding carboxylic acids is 2. The molecular formula is C50H50N4O8. The summed E-state index contributed by atoms with van der Waals surface area (Å²) in [5, 5.41) is 24.0. The SMILES string of the molecule is O=C(CN(CCCCCCN(CC(=O)c1ccc(OCc2ccccc2)c([N+](=O)[O-])c1)Cc1ccccc1)Cc1ccccc1)c1ccc(OCc2ccccc2)c([N+](=O)[O-])c1. The molecule has 0 aliphatic rings. The molecular weight excluding hydrogens is 785 g/mol. The summed E-state index contributed by atoms with van der Waals surface area (Å²) in [4.78, 5) is 54.4. The van der Waals surface area contributed by atoms with Crippen molar-refractivity contribution in [1.82, 2.24) is 9.80 Å². The number of ketones is 2. The third-order valence-corrected chi connectivity index (χ3v) is 10.4. The van der Waals surface area contributed by atoms with Gasteiger partial charge in [-0.15, -0.1) is 0 Å². The molecule has 0 amide bonds. The van der Waals surface area contributed by atoms with Crippen molar-refractivity contribution in [3.63, 3.8) is 0 Å². The van der Waals surface area contributed by atoms with Crippen molar-refractivity contribution >= 4 is 22.9 Å². The molecule has 0 fully saturated rings. The molecule has 6 rings (SSSR count). The minimum Gasteiger partial charge on any atom is -0.482 e. The first-order chi connectivity index (χ1) is 30.2. The molecule has 0 saturated heterocycles. The predicted molar refractivity (Wildman–Crippen MR) is 238 cm³/mol. The maximum Gasteiger partial charge on any atom is 0.311 e. The van der Waals surface area contributed by atoms with Gasteiger partial charge in [0, 0.05) is 36.3 Å². The first kappa shape index (κ1) is 44.5. The van der Waals surface area contributed by atoms with E-state index in [1.165, 1.54) is 24.3 Å². The smallest absolute Gasteiger partial charge is 0.311 e. The Morgan fingerprint density at radius 2 is 0.790 bits per heavy atom. The van der Waals surface area contributed by atoms with Gasteiger partial charge >= 0.3 is 11.4 Å². The van der Waals surface area contributed by atoms with Gasteiger partial charge in [0.15, 0.2) is 23.1 Å². The average Bonchev–Trinajstić information content (AvgIpc) is 3.29. The zero-order valence-corrected chi connectivity index (χ0v) is 34.6. The van der Waals surface area contributed by atoms with E-state index in [0.29, 0.717) is 26.2 Å². The molecule has 0 spiro atoms. The van der Waals surface area contributed by atoms with Crippen LogP contribution < -0.4 is 9.47 Å². The lowest BCUT2D eigenvalue weighted by Crippen LogP contribution is -2.31. The summed E-state index contributed by atoms with van der Waals surface area (Å²) < 4.78 is 11.5. The lowest BCUT2D eigenvalue weighted by atomic mass is 10.1. The summed E-state index contributed by atoms with van der Waals surface area (Å²) in [5.74, 6) is -0.239. The van der Waals surface area contributed by atoms with Crippen LogP contribution in [0.1, 0.15) is 68.7 Å². The minimum absolute atomic E-state index is 0.0848. The molecule has 318 valence electrons. The van der Waals surface area contributed by atoms with Crippen LogP contribution in [0.2, 0.25) is 0 Å². The molecule has 0 aromatic heterocycles. The first-order valence-electron chi connectivity index (χ1n) is 20.7. The fourth-order valence-corrected chi connectivity index (χ4v) is 7.11. The van der Waals surface area contributed by atoms with E-state index >= 15 is 0 Å². The van der Waals surface area contributed by atoms with E-state index in [1.54, 1.807) is 12.1 Å². The third-order valence-electron chi connectivity index (χ3n) is 10.4. The van der Waals surface area contributed by atoms with Crippen LogP contribution in [0.4, 0.5) is 11.4 Å². The Hall–Kier alpha value is -7.02. The van der Waals surface area contributed by atoms with Crippen LogP contribution in [0.5, 0.6) is 11.5 Å². The molecule has 0 aliphatic heterocycles. The van der Waals surface area contributed by atoms with Crippen molar-refractivity contribution in [3.8, 4) is 11.5 Å². The second-order valence-electron chi connectivity index (χ2n) is 15.1. The fourth-order valence-electron chi connectivity index (χ4n) is 7.11. The molecule has 6 aromatic rings. The van der Waals surface area contributed by atoms with E-state index in [9.17, 15) is 29.8 Å². The lowest BCUT2D eigenvalue weighted by molar-refractivity contribution is -0.386. The fraction of sp³-hybridized carbons (Fsp3) is 0.240. The van der Waals surface area contributed by atoms with Crippen LogP contribution >= 0.6 is 0 Å². The van der Waals surface area contributed by atoms with Crippen molar-refractivity contribution in [3.05, 3.63) is 211 Å². The second-order valence-corrected chi connectivity index (χ2v) is 15.1. The number of Topliss-reactive ketones (excluding diaryl/α,β-unsaturated/α-hetero) is 2. The molecule has 0 atom stereocenters. The highest BCUT2D eigenvalue weighted by Crippen LogP contribution is 2.31. The Morgan fingerprint density at radius 3 is 1.13 bits per heavy atom. The standard InChI is InChI=1S/C50H50N4O8/c55-47(43-25-27-49(45(31-43)53(57)58)61-37-41-21-11-5-12-22-41)35-51(33-39-17-7-3-8-18-39)29-15-1-2-16-30-52(34-40-19-9-4-10-20-40)36-48(56)44-26-28-50(46(32-44)54(59)60)62-38-42-23-13-6-14-24-42/h3-14,17-28,31-32H,1-2,15-16,29-30,33-38H2. The Morgan fingerprint density at radius 1 is 0.452 bits per heavy atom. The summed E-state index contributed by atoms with van der Waals surface area (Å²) in [6, 6.07) is 47.2. The van der Waals surface area contributed by atoms with E-state index < -0.39 is 9.85 Å². The molecule has 0 heterocycles. The van der Waals surface area contributed by atoms with Gasteiger partial charge in [0.1, 0.15) is 13.2 Å². The highest BCUT2D eigenvalue weighted by Gasteiger charge is 2.23. The first-order valence-corrected chi connectivity index (χ1v) is 20.7. The number of nitro groups is 2. The number of ether oxygens (including phenoxy) is 2. The minimum atomic E-state index is -0.525. The third kappa shape index (κ3) is 13.8. The predicted octanol–water partition coefficient (Wildman–Crippen LogP) is 10.3. The van der Waals surface area contributed by atoms with Crippen molar-refractivity contribution in [2.75, 3.05) is 26.2 Å². The van der Waals surface area contributed by atoms with Crippen molar-refractivity contribution in [2.45, 2.75) is 52.0 Å². The Bertz CT molecular complexity index is 2210. The van der Waals surface area contributed by atoms with Gasteiger partial charge in [-0.2, -0.15) is 0 Å². The summed E-state index contributed by atoms with van der Waals surface area (Å²) >= 11 is 0. The van der Waals surface area contributed by atoms with Gasteiger partial charge in [0.05, 0.1) is 22.9 Å². The lowest BCUT2D eigenvalue weighted by Gasteiger charge is -2.23. The van der Waals surface area contributed by atoms with Crippen LogP contribution in [0, 0.1) is 20.2 Å². The van der Waals surface area contributed by atoms with Crippen LogP contribution in [0.25, 0.3) is 0 Å². The van der Waals surface area contributed by atoms with Gasteiger partial charge in [-0.25, -0.2) is 0 Å². The molecule has 12 heteroatoms. The molecule has 0 radical (unpaired) electrons. The highest BCUT2D eigenvalue weighted by atomic mass is 16.6. The normalized spacial score (nSPS) is 11.1. The number of nitrogens with zero attached hydrogens (tertiary/aromatic N) is 4. The van der Waals surface area contributed by atoms with Crippen LogP contribution in [-0.2, 0) is 26.3 Å². The van der Waals surface area contributed by atoms with Gasteiger partial charge in [-0.05, 0) is 72.5 Å². The van der Waals surface area contributed by atoms with E-state index in [1.807, 2.05) is 121 Å². The van der Waals surface area contributed by atoms with Gasteiger partial charge in [-0.1, -0.05) is 134 Å². The maximum atomic E-state index is 13.6. The molecule has 6 aromatic carbocycles. The van der Waals surface area contributed by atoms with Crippen molar-refractivity contribution in [1.29, 1.82) is 0 Å². The topological polar surface area (TPSA) is 145 Å². The molecule has 12 nitrogen and oxygen atoms in total. The van der Waals surface area contributed by atoms with Crippen LogP contribution in [0.3, 0.4) is 0 Å². The monoisotopic (exact) mass is 834 g/mol. The zero-order chi connectivity index (χ0) is 43.5. The largest absolute Gasteiger partial charge is 0.482 e. The highest BCUT2D eigenvalue weighted by molar-refractivity contribution is 5.99. The number of hydrogen-bond acceptors (Lipinski definition) is 10. The number of benzene rings is 6. The Balaban J connectivity index is 1.04. The Labute approximate surface area is 361 Å². The average molecular weight is 835 g/mol. The molecule has 0 aliphatic carbocycles. The molecule has 0 bridgehead atoms. The van der Waals surface area contributed by atoms with Gasteiger partial charge in [0.2, 0.25) is 0 Å². The number of nitro benzene ring substituents is 2. The summed E-state index contributed by atoms with van der Waals surface area (Å²) in [7, 11) is 0. The van der Waals surface area contributed by atoms with E-state index in [2.05, 4.69) is 9.80 Å². The van der Waals surface area contributed by atoms with Crippen molar-refractivity contribution < 1.29 is 28.9 Å². The zero-order valence-electron chi connectivity index (χ0n) is 34.6. The number of hydrogen-bond donors (Lipinski definition) is 0. The molecule has 0 unspecified atom stereocenters. The van der Waals surface area contributed by atoms with E-state index in [-0.39, 0.29) is 71.9 Å². The second kappa shape index (κ2) is 23.1. The molecule has 0 N–H and O–H groups in total. The van der Waals surface area contributed by atoms with Gasteiger partial charge in [0.25, 0.3) is 0 Å². The quantitative estimate of drug-likeness (QED) is 0.0236. The number of unbranched alkanes of at least 4 members (excludes halogenated alkanes) is 3. The van der Waals surface area contributed by atoms with E-state index in [0.717, 1.165) is 47.9 Å². The Kier molecular flexibility index (Phi) is 16.6. The van der Waals surface area contributed by atoms with E-state index in [4.69, 9.17) is 9.47 Å². The number of carbonyl (C=O) groups is 2. The summed E-state index contributed by atoms with van der Waals surface area (Å²) in [6.07, 6.45) is 3.38. The summed E-state index contributed by atoms with van der Waals surface area (Å²) in [5.41, 5.74) is 3.83. The molecule has 0 saturated carbocycles. The van der Waals surface area contributed by atoms with Gasteiger partial charge < -0.3 is 9.47 Å². The molecule has 62 heavy (non-hydrogen) atoms.